The molecular weight excluding hydrogens is 356 g/mol. The standard InChI is InChI=1S/C18H19ClN4O3/c1-11-13(9-21-23(11)3)8-20-18(24)17-14(12(2)26-22-17)10-25-16-7-5-4-6-15(16)19/h4-7,9H,8,10H2,1-3H3,(H,20,24). The van der Waals surface area contributed by atoms with Crippen molar-refractivity contribution >= 4 is 17.5 Å². The van der Waals surface area contributed by atoms with Gasteiger partial charge in [0.25, 0.3) is 5.91 Å². The SMILES string of the molecule is Cc1onc(C(=O)NCc2cnn(C)c2C)c1COc1ccccc1Cl. The molecule has 0 bridgehead atoms. The highest BCUT2D eigenvalue weighted by Crippen LogP contribution is 2.25. The molecule has 0 aliphatic carbocycles. The maximum Gasteiger partial charge on any atom is 0.274 e. The molecule has 136 valence electrons. The Bertz CT molecular complexity index is 932. The van der Waals surface area contributed by atoms with E-state index in [9.17, 15) is 4.79 Å². The maximum absolute atomic E-state index is 12.5. The number of hydrogen-bond acceptors (Lipinski definition) is 5. The summed E-state index contributed by atoms with van der Waals surface area (Å²) in [6.07, 6.45) is 1.73. The minimum absolute atomic E-state index is 0.133. The van der Waals surface area contributed by atoms with Gasteiger partial charge in [-0.25, -0.2) is 0 Å². The number of aryl methyl sites for hydroxylation is 2. The summed E-state index contributed by atoms with van der Waals surface area (Å²) < 4.78 is 12.6. The lowest BCUT2D eigenvalue weighted by Gasteiger charge is -2.08. The zero-order valence-corrected chi connectivity index (χ0v) is 15.5. The van der Waals surface area contributed by atoms with Crippen LogP contribution >= 0.6 is 11.6 Å². The van der Waals surface area contributed by atoms with Gasteiger partial charge in [-0.05, 0) is 26.0 Å². The molecule has 0 saturated heterocycles. The minimum Gasteiger partial charge on any atom is -0.487 e. The summed E-state index contributed by atoms with van der Waals surface area (Å²) in [7, 11) is 1.85. The van der Waals surface area contributed by atoms with Crippen LogP contribution < -0.4 is 10.1 Å². The lowest BCUT2D eigenvalue weighted by molar-refractivity contribution is 0.0939. The van der Waals surface area contributed by atoms with Gasteiger partial charge in [0.1, 0.15) is 18.1 Å². The van der Waals surface area contributed by atoms with Gasteiger partial charge in [-0.15, -0.1) is 0 Å². The molecule has 2 heterocycles. The second-order valence-corrected chi connectivity index (χ2v) is 6.25. The molecular formula is C18H19ClN4O3. The van der Waals surface area contributed by atoms with Crippen molar-refractivity contribution in [3.8, 4) is 5.75 Å². The zero-order valence-electron chi connectivity index (χ0n) is 14.7. The lowest BCUT2D eigenvalue weighted by atomic mass is 10.2. The number of amides is 1. The second-order valence-electron chi connectivity index (χ2n) is 5.85. The van der Waals surface area contributed by atoms with Crippen LogP contribution in [0.3, 0.4) is 0 Å². The summed E-state index contributed by atoms with van der Waals surface area (Å²) in [6, 6.07) is 7.14. The summed E-state index contributed by atoms with van der Waals surface area (Å²) in [5.41, 5.74) is 2.72. The Morgan fingerprint density at radius 1 is 1.35 bits per heavy atom. The quantitative estimate of drug-likeness (QED) is 0.716. The molecule has 1 amide bonds. The number of benzene rings is 1. The molecule has 3 rings (SSSR count). The normalized spacial score (nSPS) is 10.8. The van der Waals surface area contributed by atoms with Gasteiger partial charge in [0.2, 0.25) is 0 Å². The van der Waals surface area contributed by atoms with Crippen LogP contribution in [0.2, 0.25) is 5.02 Å². The van der Waals surface area contributed by atoms with E-state index in [1.54, 1.807) is 29.9 Å². The van der Waals surface area contributed by atoms with Crippen LogP contribution in [0.5, 0.6) is 5.75 Å². The van der Waals surface area contributed by atoms with Gasteiger partial charge in [-0.3, -0.25) is 9.48 Å². The van der Waals surface area contributed by atoms with E-state index in [0.29, 0.717) is 28.6 Å². The lowest BCUT2D eigenvalue weighted by Crippen LogP contribution is -2.24. The average molecular weight is 375 g/mol. The fourth-order valence-corrected chi connectivity index (χ4v) is 2.62. The highest BCUT2D eigenvalue weighted by molar-refractivity contribution is 6.32. The van der Waals surface area contributed by atoms with Gasteiger partial charge in [-0.1, -0.05) is 28.9 Å². The largest absolute Gasteiger partial charge is 0.487 e. The number of nitrogens with zero attached hydrogens (tertiary/aromatic N) is 3. The van der Waals surface area contributed by atoms with Crippen LogP contribution in [-0.2, 0) is 20.2 Å². The van der Waals surface area contributed by atoms with Crippen molar-refractivity contribution in [1.29, 1.82) is 0 Å². The van der Waals surface area contributed by atoms with Crippen molar-refractivity contribution in [1.82, 2.24) is 20.3 Å². The Balaban J connectivity index is 1.69. The predicted molar refractivity (Wildman–Crippen MR) is 96.1 cm³/mol. The molecule has 7 nitrogen and oxygen atoms in total. The van der Waals surface area contributed by atoms with Gasteiger partial charge in [-0.2, -0.15) is 5.10 Å². The number of halogens is 1. The molecule has 0 aliphatic rings. The van der Waals surface area contributed by atoms with E-state index in [-0.39, 0.29) is 18.2 Å². The fraction of sp³-hybridized carbons (Fsp3) is 0.278. The van der Waals surface area contributed by atoms with Crippen molar-refractivity contribution < 1.29 is 14.1 Å². The van der Waals surface area contributed by atoms with Crippen molar-refractivity contribution in [3.63, 3.8) is 0 Å². The average Bonchev–Trinajstić information content (AvgIpc) is 3.15. The third-order valence-corrected chi connectivity index (χ3v) is 4.50. The van der Waals surface area contributed by atoms with Crippen LogP contribution in [-0.4, -0.2) is 20.8 Å². The fourth-order valence-electron chi connectivity index (χ4n) is 2.43. The number of nitrogens with one attached hydrogen (secondary N) is 1. The number of aromatic nitrogens is 3. The van der Waals surface area contributed by atoms with Crippen molar-refractivity contribution in [2.24, 2.45) is 7.05 Å². The third-order valence-electron chi connectivity index (χ3n) is 4.18. The van der Waals surface area contributed by atoms with E-state index in [1.165, 1.54) is 0 Å². The molecule has 1 aromatic carbocycles. The van der Waals surface area contributed by atoms with Gasteiger partial charge in [0, 0.05) is 24.8 Å². The number of hydrogen-bond donors (Lipinski definition) is 1. The number of para-hydroxylation sites is 1. The first-order valence-electron chi connectivity index (χ1n) is 8.05. The van der Waals surface area contributed by atoms with Gasteiger partial charge in [0.15, 0.2) is 5.69 Å². The summed E-state index contributed by atoms with van der Waals surface area (Å²) >= 11 is 6.09. The van der Waals surface area contributed by atoms with Gasteiger partial charge < -0.3 is 14.6 Å². The Labute approximate surface area is 155 Å². The molecule has 0 atom stereocenters. The minimum atomic E-state index is -0.331. The molecule has 3 aromatic rings. The smallest absolute Gasteiger partial charge is 0.274 e. The number of carbonyl (C=O) groups excluding carboxylic acids is 1. The van der Waals surface area contributed by atoms with E-state index in [0.717, 1.165) is 11.3 Å². The molecule has 0 unspecified atom stereocenters. The molecule has 26 heavy (non-hydrogen) atoms. The van der Waals surface area contributed by atoms with Gasteiger partial charge >= 0.3 is 0 Å². The van der Waals surface area contributed by atoms with E-state index in [1.807, 2.05) is 26.1 Å². The Morgan fingerprint density at radius 3 is 2.81 bits per heavy atom. The van der Waals surface area contributed by atoms with Crippen LogP contribution in [0.25, 0.3) is 0 Å². The van der Waals surface area contributed by atoms with Crippen LogP contribution in [0.1, 0.15) is 33.1 Å². The molecule has 2 aromatic heterocycles. The molecule has 0 fully saturated rings. The maximum atomic E-state index is 12.5. The third kappa shape index (κ3) is 3.72. The summed E-state index contributed by atoms with van der Waals surface area (Å²) in [4.78, 5) is 12.5. The zero-order chi connectivity index (χ0) is 18.7. The summed E-state index contributed by atoms with van der Waals surface area (Å²) in [5.74, 6) is 0.731. The molecule has 0 spiro atoms. The van der Waals surface area contributed by atoms with Gasteiger partial charge in [0.05, 0.1) is 16.8 Å². The van der Waals surface area contributed by atoms with E-state index in [4.69, 9.17) is 20.9 Å². The van der Waals surface area contributed by atoms with Crippen molar-refractivity contribution in [2.75, 3.05) is 0 Å². The Hall–Kier alpha value is -2.80. The first kappa shape index (κ1) is 18.0. The topological polar surface area (TPSA) is 82.2 Å². The van der Waals surface area contributed by atoms with E-state index >= 15 is 0 Å². The number of rotatable bonds is 6. The summed E-state index contributed by atoms with van der Waals surface area (Å²) in [5, 5.41) is 11.4. The van der Waals surface area contributed by atoms with E-state index in [2.05, 4.69) is 15.6 Å². The first-order chi connectivity index (χ1) is 12.5. The molecule has 0 saturated carbocycles. The van der Waals surface area contributed by atoms with Crippen molar-refractivity contribution in [2.45, 2.75) is 27.0 Å². The van der Waals surface area contributed by atoms with Crippen LogP contribution in [0.15, 0.2) is 35.0 Å². The van der Waals surface area contributed by atoms with Crippen molar-refractivity contribution in [3.05, 3.63) is 63.8 Å². The molecule has 0 aliphatic heterocycles. The predicted octanol–water partition coefficient (Wildman–Crippen LogP) is 3.19. The Morgan fingerprint density at radius 2 is 2.12 bits per heavy atom. The number of carbonyl (C=O) groups is 1. The number of ether oxygens (including phenoxy) is 1. The highest BCUT2D eigenvalue weighted by Gasteiger charge is 2.21. The van der Waals surface area contributed by atoms with Crippen LogP contribution in [0, 0.1) is 13.8 Å². The molecule has 8 heteroatoms. The summed E-state index contributed by atoms with van der Waals surface area (Å²) in [6.45, 7) is 4.17. The first-order valence-corrected chi connectivity index (χ1v) is 8.43. The highest BCUT2D eigenvalue weighted by atomic mass is 35.5. The molecule has 1 N–H and O–H groups in total. The van der Waals surface area contributed by atoms with Crippen LogP contribution in [0.4, 0.5) is 0 Å². The van der Waals surface area contributed by atoms with E-state index < -0.39 is 0 Å². The Kier molecular flexibility index (Phi) is 5.27. The second kappa shape index (κ2) is 7.61. The molecule has 0 radical (unpaired) electrons. The monoisotopic (exact) mass is 374 g/mol.